The van der Waals surface area contributed by atoms with Crippen molar-refractivity contribution >= 4 is 40.6 Å². The number of hydrogen-bond donors (Lipinski definition) is 6. The molecule has 2 aromatic heterocycles. The van der Waals surface area contributed by atoms with Gasteiger partial charge in [-0.25, -0.2) is 14.8 Å². The lowest BCUT2D eigenvalue weighted by Crippen LogP contribution is -2.43. The van der Waals surface area contributed by atoms with Gasteiger partial charge in [0, 0.05) is 11.3 Å². The second kappa shape index (κ2) is 22.0. The first-order valence-electron chi connectivity index (χ1n) is 17.9. The fourth-order valence-electron chi connectivity index (χ4n) is 5.72. The molecule has 0 spiro atoms. The molecule has 0 radical (unpaired) electrons. The standard InChI is InChI=1S/C37H53N7O6/c1-2-3-4-5-6-7-8-9-10-11-12-13-14-15-16-17-18-27(35(47)48)23-30(36(49)50)42-33(45)26-19-21-28(22-20-26)39-24-29-25-40-32-31(41-29)34(46)44-37(38)43-32/h9-10,19-22,25,27,30,39H,2-8,11-18,23-24H2,1H3,(H,42,45)(H,47,48)(H,49,50)(H3,38,40,43,44,46). The van der Waals surface area contributed by atoms with Crippen molar-refractivity contribution < 1.29 is 24.6 Å². The van der Waals surface area contributed by atoms with Crippen LogP contribution in [0.2, 0.25) is 0 Å². The van der Waals surface area contributed by atoms with Crippen molar-refractivity contribution in [1.82, 2.24) is 25.3 Å². The highest BCUT2D eigenvalue weighted by molar-refractivity contribution is 5.97. The zero-order valence-electron chi connectivity index (χ0n) is 29.2. The molecule has 13 heteroatoms. The van der Waals surface area contributed by atoms with E-state index in [4.69, 9.17) is 5.73 Å². The van der Waals surface area contributed by atoms with Crippen LogP contribution in [0.4, 0.5) is 11.6 Å². The lowest BCUT2D eigenvalue weighted by molar-refractivity contribution is -0.144. The normalized spacial score (nSPS) is 12.6. The number of nitrogens with one attached hydrogen (secondary N) is 3. The first kappa shape index (κ1) is 39.6. The Bertz CT molecular complexity index is 1590. The number of amides is 1. The molecular formula is C37H53N7O6. The Labute approximate surface area is 293 Å². The molecule has 0 aliphatic heterocycles. The van der Waals surface area contributed by atoms with Crippen molar-refractivity contribution in [3.05, 3.63) is 64.2 Å². The van der Waals surface area contributed by atoms with E-state index in [2.05, 4.69) is 49.6 Å². The SMILES string of the molecule is CCCCCCCCC=CCCCCCCCCC(CC(NC(=O)c1ccc(NCc2cnc3nc(N)[nH]c(=O)c3n2)cc1)C(=O)O)C(=O)O. The summed E-state index contributed by atoms with van der Waals surface area (Å²) < 4.78 is 0. The fourth-order valence-corrected chi connectivity index (χ4v) is 5.72. The number of carbonyl (C=O) groups excluding carboxylic acids is 1. The van der Waals surface area contributed by atoms with Crippen LogP contribution in [0.3, 0.4) is 0 Å². The first-order valence-corrected chi connectivity index (χ1v) is 17.9. The summed E-state index contributed by atoms with van der Waals surface area (Å²) in [6.45, 7) is 2.47. The zero-order chi connectivity index (χ0) is 36.1. The van der Waals surface area contributed by atoms with Crippen LogP contribution in [-0.4, -0.2) is 54.0 Å². The van der Waals surface area contributed by atoms with Gasteiger partial charge >= 0.3 is 11.9 Å². The predicted octanol–water partition coefficient (Wildman–Crippen LogP) is 6.61. The maximum absolute atomic E-state index is 12.9. The van der Waals surface area contributed by atoms with Crippen LogP contribution in [0.15, 0.2) is 47.4 Å². The molecule has 0 bridgehead atoms. The van der Waals surface area contributed by atoms with Crippen LogP contribution >= 0.6 is 0 Å². The highest BCUT2D eigenvalue weighted by Gasteiger charge is 2.28. The molecule has 1 aromatic carbocycles. The minimum Gasteiger partial charge on any atom is -0.481 e. The number of carbonyl (C=O) groups is 3. The third-order valence-corrected chi connectivity index (χ3v) is 8.64. The molecule has 2 atom stereocenters. The Morgan fingerprint density at radius 2 is 1.48 bits per heavy atom. The Hall–Kier alpha value is -4.81. The van der Waals surface area contributed by atoms with Crippen LogP contribution in [0, 0.1) is 5.92 Å². The molecule has 7 N–H and O–H groups in total. The smallest absolute Gasteiger partial charge is 0.326 e. The first-order chi connectivity index (χ1) is 24.2. The van der Waals surface area contributed by atoms with Gasteiger partial charge in [-0.3, -0.25) is 19.4 Å². The number of allylic oxidation sites excluding steroid dienone is 2. The number of benzene rings is 1. The van der Waals surface area contributed by atoms with Gasteiger partial charge in [0.15, 0.2) is 11.2 Å². The highest BCUT2D eigenvalue weighted by Crippen LogP contribution is 2.19. The number of aromatic nitrogens is 4. The van der Waals surface area contributed by atoms with E-state index in [0.717, 1.165) is 38.5 Å². The molecule has 3 aromatic rings. The second-order valence-electron chi connectivity index (χ2n) is 12.8. The number of fused-ring (bicyclic) bond motifs is 1. The van der Waals surface area contributed by atoms with E-state index >= 15 is 0 Å². The van der Waals surface area contributed by atoms with Crippen LogP contribution in [-0.2, 0) is 16.1 Å². The number of carboxylic acids is 2. The number of anilines is 2. The van der Waals surface area contributed by atoms with Crippen molar-refractivity contribution in [2.75, 3.05) is 11.1 Å². The Morgan fingerprint density at radius 1 is 0.860 bits per heavy atom. The quantitative estimate of drug-likeness (QED) is 0.0411. The van der Waals surface area contributed by atoms with Crippen LogP contribution < -0.4 is 21.9 Å². The predicted molar refractivity (Wildman–Crippen MR) is 195 cm³/mol. The summed E-state index contributed by atoms with van der Waals surface area (Å²) in [4.78, 5) is 63.6. The van der Waals surface area contributed by atoms with Gasteiger partial charge in [0.05, 0.1) is 24.4 Å². The molecule has 2 heterocycles. The van der Waals surface area contributed by atoms with Gasteiger partial charge < -0.3 is 26.6 Å². The molecule has 0 fully saturated rings. The number of nitrogens with two attached hydrogens (primary N) is 1. The van der Waals surface area contributed by atoms with Gasteiger partial charge in [0.2, 0.25) is 5.95 Å². The molecule has 2 unspecified atom stereocenters. The van der Waals surface area contributed by atoms with Crippen molar-refractivity contribution in [3.8, 4) is 0 Å². The molecule has 0 aliphatic carbocycles. The van der Waals surface area contributed by atoms with E-state index in [-0.39, 0.29) is 35.6 Å². The molecule has 272 valence electrons. The largest absolute Gasteiger partial charge is 0.481 e. The molecule has 50 heavy (non-hydrogen) atoms. The molecular weight excluding hydrogens is 638 g/mol. The average molecular weight is 692 g/mol. The fraction of sp³-hybridized carbons (Fsp3) is 0.541. The number of aliphatic carboxylic acids is 2. The molecule has 1 amide bonds. The van der Waals surface area contributed by atoms with Gasteiger partial charge in [0.25, 0.3) is 11.5 Å². The van der Waals surface area contributed by atoms with E-state index < -0.39 is 35.4 Å². The summed E-state index contributed by atoms with van der Waals surface area (Å²) in [5, 5.41) is 25.1. The van der Waals surface area contributed by atoms with Crippen molar-refractivity contribution in [3.63, 3.8) is 0 Å². The summed E-state index contributed by atoms with van der Waals surface area (Å²) in [7, 11) is 0. The molecule has 0 saturated carbocycles. The van der Waals surface area contributed by atoms with Crippen molar-refractivity contribution in [2.45, 2.75) is 122 Å². The number of H-pyrrole nitrogens is 1. The van der Waals surface area contributed by atoms with Gasteiger partial charge in [-0.15, -0.1) is 0 Å². The summed E-state index contributed by atoms with van der Waals surface area (Å²) in [6, 6.07) is 5.00. The van der Waals surface area contributed by atoms with Crippen LogP contribution in [0.25, 0.3) is 11.2 Å². The Balaban J connectivity index is 1.35. The third kappa shape index (κ3) is 14.4. The number of hydrogen-bond acceptors (Lipinski definition) is 9. The molecule has 3 rings (SSSR count). The lowest BCUT2D eigenvalue weighted by Gasteiger charge is -2.19. The number of rotatable bonds is 25. The topological polar surface area (TPSA) is 213 Å². The molecule has 0 aliphatic rings. The van der Waals surface area contributed by atoms with E-state index in [1.807, 2.05) is 0 Å². The Kier molecular flexibility index (Phi) is 17.4. The molecule has 0 saturated heterocycles. The van der Waals surface area contributed by atoms with E-state index in [0.29, 0.717) is 24.2 Å². The van der Waals surface area contributed by atoms with Crippen molar-refractivity contribution in [2.24, 2.45) is 5.92 Å². The van der Waals surface area contributed by atoms with Crippen LogP contribution in [0.5, 0.6) is 0 Å². The van der Waals surface area contributed by atoms with Gasteiger partial charge in [-0.1, -0.05) is 83.3 Å². The number of nitrogens with zero attached hydrogens (tertiary/aromatic N) is 3. The summed E-state index contributed by atoms with van der Waals surface area (Å²) >= 11 is 0. The second-order valence-corrected chi connectivity index (χ2v) is 12.8. The van der Waals surface area contributed by atoms with Gasteiger partial charge in [-0.05, 0) is 62.8 Å². The minimum atomic E-state index is -1.34. The number of carboxylic acid groups (broad SMARTS) is 2. The van der Waals surface area contributed by atoms with Gasteiger partial charge in [0.1, 0.15) is 6.04 Å². The minimum absolute atomic E-state index is 0.0489. The van der Waals surface area contributed by atoms with Crippen molar-refractivity contribution in [1.29, 1.82) is 0 Å². The molecule has 13 nitrogen and oxygen atoms in total. The number of unbranched alkanes of at least 4 members (excludes halogenated alkanes) is 12. The highest BCUT2D eigenvalue weighted by atomic mass is 16.4. The number of aromatic amines is 1. The van der Waals surface area contributed by atoms with Gasteiger partial charge in [-0.2, -0.15) is 4.98 Å². The summed E-state index contributed by atoms with van der Waals surface area (Å²) in [5.41, 5.74) is 6.59. The summed E-state index contributed by atoms with van der Waals surface area (Å²) in [6.07, 6.45) is 22.4. The zero-order valence-corrected chi connectivity index (χ0v) is 29.2. The third-order valence-electron chi connectivity index (χ3n) is 8.64. The van der Waals surface area contributed by atoms with E-state index in [9.17, 15) is 29.4 Å². The van der Waals surface area contributed by atoms with E-state index in [1.165, 1.54) is 63.3 Å². The van der Waals surface area contributed by atoms with Crippen LogP contribution in [0.1, 0.15) is 126 Å². The summed E-state index contributed by atoms with van der Waals surface area (Å²) in [5.74, 6) is -3.88. The van der Waals surface area contributed by atoms with E-state index in [1.54, 1.807) is 12.1 Å². The Morgan fingerprint density at radius 3 is 2.10 bits per heavy atom. The maximum Gasteiger partial charge on any atom is 0.326 e. The lowest BCUT2D eigenvalue weighted by atomic mass is 9.93. The average Bonchev–Trinajstić information content (AvgIpc) is 3.09. The number of nitrogen functional groups attached to an aromatic ring is 1. The maximum atomic E-state index is 12.9. The monoisotopic (exact) mass is 691 g/mol.